The third kappa shape index (κ3) is 2.73. The zero-order chi connectivity index (χ0) is 14.8. The Hall–Kier alpha value is -2.41. The summed E-state index contributed by atoms with van der Waals surface area (Å²) in [6.45, 7) is 1.82. The van der Waals surface area contributed by atoms with Crippen molar-refractivity contribution in [2.24, 2.45) is 0 Å². The highest BCUT2D eigenvalue weighted by Gasteiger charge is 2.15. The van der Waals surface area contributed by atoms with Crippen LogP contribution in [0.5, 0.6) is 0 Å². The van der Waals surface area contributed by atoms with Gasteiger partial charge in [-0.15, -0.1) is 0 Å². The molecule has 0 saturated heterocycles. The first-order chi connectivity index (χ1) is 10.1. The van der Waals surface area contributed by atoms with Crippen molar-refractivity contribution in [3.63, 3.8) is 0 Å². The maximum atomic E-state index is 12.3. The fourth-order valence-corrected chi connectivity index (χ4v) is 2.29. The van der Waals surface area contributed by atoms with Crippen LogP contribution in [0.1, 0.15) is 16.1 Å². The zero-order valence-corrected chi connectivity index (χ0v) is 12.7. The summed E-state index contributed by atoms with van der Waals surface area (Å²) in [6, 6.07) is 7.25. The second kappa shape index (κ2) is 5.53. The highest BCUT2D eigenvalue weighted by molar-refractivity contribution is 9.10. The van der Waals surface area contributed by atoms with Gasteiger partial charge in [0, 0.05) is 10.0 Å². The molecule has 106 valence electrons. The van der Waals surface area contributed by atoms with Crippen LogP contribution in [0.4, 0.5) is 5.69 Å². The number of hydrogen-bond donors (Lipinski definition) is 1. The number of hydrogen-bond acceptors (Lipinski definition) is 4. The lowest BCUT2D eigenvalue weighted by Crippen LogP contribution is -2.14. The van der Waals surface area contributed by atoms with E-state index in [0.29, 0.717) is 17.1 Å². The molecule has 21 heavy (non-hydrogen) atoms. The van der Waals surface area contributed by atoms with Crippen LogP contribution in [0.3, 0.4) is 0 Å². The minimum absolute atomic E-state index is 0.291. The zero-order valence-electron chi connectivity index (χ0n) is 11.1. The van der Waals surface area contributed by atoms with Crippen LogP contribution in [0.2, 0.25) is 0 Å². The van der Waals surface area contributed by atoms with E-state index in [2.05, 4.69) is 31.3 Å². The van der Waals surface area contributed by atoms with E-state index in [9.17, 15) is 4.79 Å². The van der Waals surface area contributed by atoms with Crippen molar-refractivity contribution in [3.05, 3.63) is 59.0 Å². The molecule has 0 fully saturated rings. The molecule has 6 nitrogen and oxygen atoms in total. The summed E-state index contributed by atoms with van der Waals surface area (Å²) < 4.78 is 7.63. The molecule has 0 saturated carbocycles. The molecule has 3 aromatic rings. The fourth-order valence-electron chi connectivity index (χ4n) is 1.93. The van der Waals surface area contributed by atoms with Crippen molar-refractivity contribution in [1.29, 1.82) is 0 Å². The van der Waals surface area contributed by atoms with Crippen molar-refractivity contribution >= 4 is 27.5 Å². The lowest BCUT2D eigenvalue weighted by Gasteiger charge is -2.10. The molecule has 0 atom stereocenters. The first-order valence-electron chi connectivity index (χ1n) is 6.15. The van der Waals surface area contributed by atoms with Gasteiger partial charge in [0.25, 0.3) is 5.91 Å². The maximum Gasteiger partial charge on any atom is 0.291 e. The predicted octanol–water partition coefficient (Wildman–Crippen LogP) is 3.18. The number of carbonyl (C=O) groups is 1. The number of nitrogens with one attached hydrogen (secondary N) is 1. The van der Waals surface area contributed by atoms with E-state index >= 15 is 0 Å². The molecule has 1 N–H and O–H groups in total. The molecular formula is C14H11BrN4O2. The second-order valence-electron chi connectivity index (χ2n) is 4.39. The molecule has 2 heterocycles. The van der Waals surface area contributed by atoms with Crippen LogP contribution in [0, 0.1) is 6.92 Å². The quantitative estimate of drug-likeness (QED) is 0.790. The lowest BCUT2D eigenvalue weighted by atomic mass is 10.2. The monoisotopic (exact) mass is 346 g/mol. The first kappa shape index (κ1) is 13.6. The summed E-state index contributed by atoms with van der Waals surface area (Å²) in [5, 5.41) is 6.91. The Kier molecular flexibility index (Phi) is 3.57. The number of aryl methyl sites for hydroxylation is 1. The number of furan rings is 1. The summed E-state index contributed by atoms with van der Waals surface area (Å²) in [7, 11) is 0. The maximum absolute atomic E-state index is 12.3. The van der Waals surface area contributed by atoms with Crippen LogP contribution in [-0.2, 0) is 0 Å². The van der Waals surface area contributed by atoms with Gasteiger partial charge >= 0.3 is 0 Å². The van der Waals surface area contributed by atoms with Crippen molar-refractivity contribution in [3.8, 4) is 5.69 Å². The third-order valence-corrected chi connectivity index (χ3v) is 3.43. The van der Waals surface area contributed by atoms with Crippen LogP contribution in [0.25, 0.3) is 5.69 Å². The molecule has 1 amide bonds. The SMILES string of the molecule is Cc1ccoc1C(=O)Nc1cc(Br)ccc1-n1cncn1. The highest BCUT2D eigenvalue weighted by atomic mass is 79.9. The number of carbonyl (C=O) groups excluding carboxylic acids is 1. The van der Waals surface area contributed by atoms with Gasteiger partial charge in [0.2, 0.25) is 0 Å². The van der Waals surface area contributed by atoms with Crippen LogP contribution >= 0.6 is 15.9 Å². The van der Waals surface area contributed by atoms with Gasteiger partial charge in [0.05, 0.1) is 17.6 Å². The summed E-state index contributed by atoms with van der Waals surface area (Å²) >= 11 is 3.39. The number of rotatable bonds is 3. The van der Waals surface area contributed by atoms with Crippen molar-refractivity contribution < 1.29 is 9.21 Å². The molecule has 0 aliphatic heterocycles. The number of amides is 1. The first-order valence-corrected chi connectivity index (χ1v) is 6.94. The van der Waals surface area contributed by atoms with Gasteiger partial charge in [-0.2, -0.15) is 5.10 Å². The Bertz CT molecular complexity index is 780. The molecule has 0 bridgehead atoms. The van der Waals surface area contributed by atoms with Gasteiger partial charge in [-0.05, 0) is 31.2 Å². The standard InChI is InChI=1S/C14H11BrN4O2/c1-9-4-5-21-13(9)14(20)18-11-6-10(15)2-3-12(11)19-8-16-7-17-19/h2-8H,1H3,(H,18,20). The van der Waals surface area contributed by atoms with E-state index in [1.165, 1.54) is 12.6 Å². The summed E-state index contributed by atoms with van der Waals surface area (Å²) in [4.78, 5) is 16.2. The molecule has 0 aliphatic rings. The molecule has 0 aliphatic carbocycles. The third-order valence-electron chi connectivity index (χ3n) is 2.94. The number of nitrogens with zero attached hydrogens (tertiary/aromatic N) is 3. The minimum Gasteiger partial charge on any atom is -0.459 e. The molecule has 0 radical (unpaired) electrons. The summed E-state index contributed by atoms with van der Waals surface area (Å²) in [6.07, 6.45) is 4.49. The summed E-state index contributed by atoms with van der Waals surface area (Å²) in [5.74, 6) is -0.0171. The molecule has 3 rings (SSSR count). The normalized spacial score (nSPS) is 10.6. The molecule has 0 spiro atoms. The van der Waals surface area contributed by atoms with E-state index in [0.717, 1.165) is 10.0 Å². The molecule has 0 unspecified atom stereocenters. The van der Waals surface area contributed by atoms with E-state index in [1.54, 1.807) is 23.1 Å². The van der Waals surface area contributed by atoms with Gasteiger partial charge in [0.15, 0.2) is 5.76 Å². The van der Waals surface area contributed by atoms with E-state index in [-0.39, 0.29) is 5.91 Å². The average Bonchev–Trinajstić information content (AvgIpc) is 3.10. The number of halogens is 1. The topological polar surface area (TPSA) is 73.0 Å². The Balaban J connectivity index is 1.97. The Morgan fingerprint density at radius 2 is 2.24 bits per heavy atom. The fraction of sp³-hybridized carbons (Fsp3) is 0.0714. The predicted molar refractivity (Wildman–Crippen MR) is 80.5 cm³/mol. The van der Waals surface area contributed by atoms with Gasteiger partial charge in [-0.3, -0.25) is 4.79 Å². The van der Waals surface area contributed by atoms with Gasteiger partial charge in [-0.1, -0.05) is 15.9 Å². The van der Waals surface area contributed by atoms with Crippen LogP contribution < -0.4 is 5.32 Å². The van der Waals surface area contributed by atoms with Crippen molar-refractivity contribution in [1.82, 2.24) is 14.8 Å². The smallest absolute Gasteiger partial charge is 0.291 e. The number of aromatic nitrogens is 3. The Morgan fingerprint density at radius 1 is 1.38 bits per heavy atom. The molecule has 1 aromatic carbocycles. The average molecular weight is 347 g/mol. The largest absolute Gasteiger partial charge is 0.459 e. The van der Waals surface area contributed by atoms with E-state index < -0.39 is 0 Å². The van der Waals surface area contributed by atoms with Crippen LogP contribution in [-0.4, -0.2) is 20.7 Å². The Labute approximate surface area is 128 Å². The van der Waals surface area contributed by atoms with E-state index in [1.807, 2.05) is 19.1 Å². The Morgan fingerprint density at radius 3 is 2.90 bits per heavy atom. The number of anilines is 1. The van der Waals surface area contributed by atoms with Gasteiger partial charge in [-0.25, -0.2) is 9.67 Å². The lowest BCUT2D eigenvalue weighted by molar-refractivity contribution is 0.0996. The molecule has 2 aromatic heterocycles. The van der Waals surface area contributed by atoms with Crippen LogP contribution in [0.15, 0.2) is 52.1 Å². The molecule has 7 heteroatoms. The van der Waals surface area contributed by atoms with Crippen molar-refractivity contribution in [2.45, 2.75) is 6.92 Å². The van der Waals surface area contributed by atoms with Gasteiger partial charge < -0.3 is 9.73 Å². The summed E-state index contributed by atoms with van der Waals surface area (Å²) in [5.41, 5.74) is 2.11. The molecular weight excluding hydrogens is 336 g/mol. The second-order valence-corrected chi connectivity index (χ2v) is 5.30. The highest BCUT2D eigenvalue weighted by Crippen LogP contribution is 2.25. The van der Waals surface area contributed by atoms with Crippen molar-refractivity contribution in [2.75, 3.05) is 5.32 Å². The van der Waals surface area contributed by atoms with E-state index in [4.69, 9.17) is 4.42 Å². The van der Waals surface area contributed by atoms with Gasteiger partial charge in [0.1, 0.15) is 12.7 Å². The number of benzene rings is 1. The minimum atomic E-state index is -0.308.